The van der Waals surface area contributed by atoms with E-state index in [2.05, 4.69) is 21.2 Å². The minimum absolute atomic E-state index is 0.121. The van der Waals surface area contributed by atoms with Crippen molar-refractivity contribution in [1.82, 2.24) is 0 Å². The van der Waals surface area contributed by atoms with Crippen LogP contribution in [-0.2, 0) is 10.5 Å². The van der Waals surface area contributed by atoms with Crippen molar-refractivity contribution in [3.63, 3.8) is 0 Å². The molecular formula is C16H11BrFNOS. The first-order chi connectivity index (χ1) is 10.1. The van der Waals surface area contributed by atoms with Crippen molar-refractivity contribution in [2.45, 2.75) is 5.75 Å². The van der Waals surface area contributed by atoms with Gasteiger partial charge in [-0.1, -0.05) is 34.1 Å². The molecule has 0 saturated heterocycles. The van der Waals surface area contributed by atoms with E-state index < -0.39 is 0 Å². The van der Waals surface area contributed by atoms with Crippen molar-refractivity contribution in [1.29, 1.82) is 0 Å². The molecule has 0 aliphatic carbocycles. The second-order valence-corrected chi connectivity index (χ2v) is 6.35. The van der Waals surface area contributed by atoms with E-state index in [-0.39, 0.29) is 11.7 Å². The number of rotatable bonds is 3. The van der Waals surface area contributed by atoms with Gasteiger partial charge in [0.15, 0.2) is 0 Å². The lowest BCUT2D eigenvalue weighted by Gasteiger charge is -2.01. The Labute approximate surface area is 134 Å². The first kappa shape index (κ1) is 14.4. The molecule has 2 nitrogen and oxygen atoms in total. The SMILES string of the molecule is O=C1Nc2ccc(Br)cc2C1=CSCc1ccccc1F. The summed E-state index contributed by atoms with van der Waals surface area (Å²) in [6.07, 6.45) is 0. The molecule has 1 aliphatic heterocycles. The molecule has 5 heteroatoms. The van der Waals surface area contributed by atoms with Crippen LogP contribution in [0.25, 0.3) is 5.57 Å². The molecule has 0 saturated carbocycles. The minimum Gasteiger partial charge on any atom is -0.321 e. The predicted molar refractivity (Wildman–Crippen MR) is 88.4 cm³/mol. The molecule has 1 aliphatic rings. The van der Waals surface area contributed by atoms with Crippen LogP contribution in [0.2, 0.25) is 0 Å². The highest BCUT2D eigenvalue weighted by molar-refractivity contribution is 9.10. The Morgan fingerprint density at radius 1 is 1.24 bits per heavy atom. The van der Waals surface area contributed by atoms with E-state index in [0.29, 0.717) is 16.9 Å². The Morgan fingerprint density at radius 3 is 2.86 bits per heavy atom. The van der Waals surface area contributed by atoms with Gasteiger partial charge in [0.2, 0.25) is 0 Å². The van der Waals surface area contributed by atoms with Gasteiger partial charge >= 0.3 is 0 Å². The molecule has 21 heavy (non-hydrogen) atoms. The maximum absolute atomic E-state index is 13.5. The van der Waals surface area contributed by atoms with Crippen molar-refractivity contribution in [3.8, 4) is 0 Å². The molecule has 0 bridgehead atoms. The van der Waals surface area contributed by atoms with Crippen LogP contribution in [0.3, 0.4) is 0 Å². The molecule has 2 aromatic rings. The van der Waals surface area contributed by atoms with Crippen molar-refractivity contribution >= 4 is 44.9 Å². The second kappa shape index (κ2) is 6.03. The van der Waals surface area contributed by atoms with Crippen LogP contribution in [0, 0.1) is 5.82 Å². The Kier molecular flexibility index (Phi) is 4.12. The van der Waals surface area contributed by atoms with Crippen molar-refractivity contribution < 1.29 is 9.18 Å². The zero-order valence-corrected chi connectivity index (χ0v) is 13.3. The predicted octanol–water partition coefficient (Wildman–Crippen LogP) is 4.81. The highest BCUT2D eigenvalue weighted by Gasteiger charge is 2.23. The third-order valence-corrected chi connectivity index (χ3v) is 4.54. The molecule has 0 atom stereocenters. The number of benzene rings is 2. The molecule has 3 rings (SSSR count). The fraction of sp³-hybridized carbons (Fsp3) is 0.0625. The van der Waals surface area contributed by atoms with E-state index in [9.17, 15) is 9.18 Å². The molecule has 0 unspecified atom stereocenters. The number of anilines is 1. The molecule has 0 aromatic heterocycles. The smallest absolute Gasteiger partial charge is 0.256 e. The van der Waals surface area contributed by atoms with Crippen LogP contribution in [-0.4, -0.2) is 5.91 Å². The highest BCUT2D eigenvalue weighted by Crippen LogP contribution is 2.35. The average Bonchev–Trinajstić information content (AvgIpc) is 2.77. The van der Waals surface area contributed by atoms with Gasteiger partial charge in [0.25, 0.3) is 5.91 Å². The summed E-state index contributed by atoms with van der Waals surface area (Å²) in [7, 11) is 0. The number of nitrogens with one attached hydrogen (secondary N) is 1. The van der Waals surface area contributed by atoms with Crippen molar-refractivity contribution in [2.24, 2.45) is 0 Å². The van der Waals surface area contributed by atoms with Crippen LogP contribution < -0.4 is 5.32 Å². The maximum atomic E-state index is 13.5. The molecule has 1 amide bonds. The Bertz CT molecular complexity index is 745. The zero-order valence-electron chi connectivity index (χ0n) is 10.9. The Balaban J connectivity index is 1.80. The number of carbonyl (C=O) groups excluding carboxylic acids is 1. The van der Waals surface area contributed by atoms with E-state index in [0.717, 1.165) is 15.7 Å². The number of carbonyl (C=O) groups is 1. The average molecular weight is 364 g/mol. The third kappa shape index (κ3) is 3.04. The summed E-state index contributed by atoms with van der Waals surface area (Å²) < 4.78 is 14.5. The molecule has 0 radical (unpaired) electrons. The fourth-order valence-corrected chi connectivity index (χ4v) is 3.37. The van der Waals surface area contributed by atoms with E-state index in [1.807, 2.05) is 18.2 Å². The normalized spacial score (nSPS) is 15.1. The first-order valence-corrected chi connectivity index (χ1v) is 8.16. The number of hydrogen-bond acceptors (Lipinski definition) is 2. The second-order valence-electron chi connectivity index (χ2n) is 4.58. The van der Waals surface area contributed by atoms with E-state index in [4.69, 9.17) is 0 Å². The van der Waals surface area contributed by atoms with Gasteiger partial charge in [-0.3, -0.25) is 4.79 Å². The van der Waals surface area contributed by atoms with Crippen LogP contribution >= 0.6 is 27.7 Å². The van der Waals surface area contributed by atoms with Crippen LogP contribution in [0.15, 0.2) is 52.3 Å². The number of amides is 1. The van der Waals surface area contributed by atoms with Gasteiger partial charge in [-0.05, 0) is 35.2 Å². The fourth-order valence-electron chi connectivity index (χ4n) is 2.11. The van der Waals surface area contributed by atoms with Gasteiger partial charge in [0.1, 0.15) is 5.82 Å². The van der Waals surface area contributed by atoms with E-state index >= 15 is 0 Å². The van der Waals surface area contributed by atoms with Gasteiger partial charge in [-0.25, -0.2) is 4.39 Å². The van der Waals surface area contributed by atoms with Crippen molar-refractivity contribution in [3.05, 3.63) is 69.3 Å². The lowest BCUT2D eigenvalue weighted by atomic mass is 10.1. The van der Waals surface area contributed by atoms with Crippen LogP contribution in [0.5, 0.6) is 0 Å². The zero-order chi connectivity index (χ0) is 14.8. The number of halogens is 2. The largest absolute Gasteiger partial charge is 0.321 e. The molecule has 0 spiro atoms. The summed E-state index contributed by atoms with van der Waals surface area (Å²) in [4.78, 5) is 12.0. The molecule has 1 N–H and O–H groups in total. The first-order valence-electron chi connectivity index (χ1n) is 6.31. The van der Waals surface area contributed by atoms with Crippen LogP contribution in [0.1, 0.15) is 11.1 Å². The van der Waals surface area contributed by atoms with Gasteiger partial charge < -0.3 is 5.32 Å². The van der Waals surface area contributed by atoms with E-state index in [1.54, 1.807) is 23.6 Å². The molecular weight excluding hydrogens is 353 g/mol. The van der Waals surface area contributed by atoms with Crippen molar-refractivity contribution in [2.75, 3.05) is 5.32 Å². The van der Waals surface area contributed by atoms with E-state index in [1.165, 1.54) is 17.8 Å². The summed E-state index contributed by atoms with van der Waals surface area (Å²) in [6.45, 7) is 0. The Hall–Kier alpha value is -1.59. The number of hydrogen-bond donors (Lipinski definition) is 1. The maximum Gasteiger partial charge on any atom is 0.256 e. The summed E-state index contributed by atoms with van der Waals surface area (Å²) in [5, 5.41) is 4.61. The number of thioether (sulfide) groups is 1. The molecule has 2 aromatic carbocycles. The summed E-state index contributed by atoms with van der Waals surface area (Å²) in [5.41, 5.74) is 2.93. The Morgan fingerprint density at radius 2 is 2.05 bits per heavy atom. The highest BCUT2D eigenvalue weighted by atomic mass is 79.9. The van der Waals surface area contributed by atoms with Crippen LogP contribution in [0.4, 0.5) is 10.1 Å². The summed E-state index contributed by atoms with van der Waals surface area (Å²) in [5.74, 6) is 0.152. The summed E-state index contributed by atoms with van der Waals surface area (Å²) in [6, 6.07) is 12.3. The molecule has 106 valence electrons. The monoisotopic (exact) mass is 363 g/mol. The number of fused-ring (bicyclic) bond motifs is 1. The van der Waals surface area contributed by atoms with Gasteiger partial charge in [0.05, 0.1) is 5.57 Å². The lowest BCUT2D eigenvalue weighted by molar-refractivity contribution is -0.110. The van der Waals surface area contributed by atoms with Gasteiger partial charge in [-0.15, -0.1) is 11.8 Å². The lowest BCUT2D eigenvalue weighted by Crippen LogP contribution is -2.03. The van der Waals surface area contributed by atoms with Gasteiger partial charge in [0, 0.05) is 21.5 Å². The molecule has 1 heterocycles. The summed E-state index contributed by atoms with van der Waals surface area (Å²) >= 11 is 4.82. The quantitative estimate of drug-likeness (QED) is 0.792. The standard InChI is InChI=1S/C16H11BrFNOS/c17-11-5-6-15-12(7-11)13(16(20)19-15)9-21-8-10-3-1-2-4-14(10)18/h1-7,9H,8H2,(H,19,20). The third-order valence-electron chi connectivity index (χ3n) is 3.16. The molecule has 0 fully saturated rings. The van der Waals surface area contributed by atoms with Gasteiger partial charge in [-0.2, -0.15) is 0 Å². The minimum atomic E-state index is -0.220. The topological polar surface area (TPSA) is 29.1 Å².